The first kappa shape index (κ1) is 24.0. The summed E-state index contributed by atoms with van der Waals surface area (Å²) in [6.07, 6.45) is 5.35. The average molecular weight is 476 g/mol. The van der Waals surface area contributed by atoms with E-state index >= 15 is 0 Å². The summed E-state index contributed by atoms with van der Waals surface area (Å²) >= 11 is 0. The molecule has 3 atom stereocenters. The van der Waals surface area contributed by atoms with Crippen molar-refractivity contribution in [2.45, 2.75) is 50.1 Å². The molecule has 0 aromatic heterocycles. The molecule has 1 saturated carbocycles. The summed E-state index contributed by atoms with van der Waals surface area (Å²) in [5.74, 6) is 0.774. The maximum absolute atomic E-state index is 13.1. The molecule has 6 heteroatoms. The van der Waals surface area contributed by atoms with Crippen molar-refractivity contribution in [1.82, 2.24) is 14.7 Å². The van der Waals surface area contributed by atoms with E-state index in [2.05, 4.69) is 34.1 Å². The van der Waals surface area contributed by atoms with E-state index in [4.69, 9.17) is 0 Å². The maximum atomic E-state index is 13.1. The van der Waals surface area contributed by atoms with E-state index in [1.165, 1.54) is 12.0 Å². The number of aliphatic hydroxyl groups excluding tert-OH is 1. The molecule has 2 aromatic carbocycles. The van der Waals surface area contributed by atoms with Crippen LogP contribution in [0.4, 0.5) is 0 Å². The number of nitrogens with zero attached hydrogens (tertiary/aromatic N) is 3. The number of aliphatic hydroxyl groups is 1. The molecule has 2 aromatic rings. The number of rotatable bonds is 5. The molecule has 2 heterocycles. The Bertz CT molecular complexity index is 1060. The van der Waals surface area contributed by atoms with E-state index in [0.717, 1.165) is 56.4 Å². The summed E-state index contributed by atoms with van der Waals surface area (Å²) in [6.45, 7) is 2.74. The van der Waals surface area contributed by atoms with Gasteiger partial charge in [0.1, 0.15) is 0 Å². The van der Waals surface area contributed by atoms with Crippen LogP contribution in [-0.4, -0.2) is 84.0 Å². The lowest BCUT2D eigenvalue weighted by atomic mass is 9.74. The highest BCUT2D eigenvalue weighted by molar-refractivity contribution is 5.95. The minimum atomic E-state index is -0.00546. The van der Waals surface area contributed by atoms with Crippen molar-refractivity contribution in [3.63, 3.8) is 0 Å². The molecule has 6 nitrogen and oxygen atoms in total. The second kappa shape index (κ2) is 10.1. The fourth-order valence-corrected chi connectivity index (χ4v) is 6.04. The molecule has 0 bridgehead atoms. The molecule has 35 heavy (non-hydrogen) atoms. The Morgan fingerprint density at radius 1 is 0.971 bits per heavy atom. The van der Waals surface area contributed by atoms with Gasteiger partial charge in [0.15, 0.2) is 0 Å². The van der Waals surface area contributed by atoms with Gasteiger partial charge in [0.25, 0.3) is 5.91 Å². The van der Waals surface area contributed by atoms with Crippen LogP contribution in [0, 0.1) is 5.92 Å². The molecule has 3 fully saturated rings. The Balaban J connectivity index is 1.36. The molecule has 1 aliphatic carbocycles. The van der Waals surface area contributed by atoms with E-state index < -0.39 is 0 Å². The third kappa shape index (κ3) is 4.62. The number of benzene rings is 2. The second-order valence-corrected chi connectivity index (χ2v) is 10.6. The summed E-state index contributed by atoms with van der Waals surface area (Å²) in [7, 11) is 3.53. The molecular formula is C29H37N3O3. The monoisotopic (exact) mass is 475 g/mol. The predicted molar refractivity (Wildman–Crippen MR) is 137 cm³/mol. The van der Waals surface area contributed by atoms with Gasteiger partial charge in [0.2, 0.25) is 5.91 Å². The largest absolute Gasteiger partial charge is 0.395 e. The zero-order valence-corrected chi connectivity index (χ0v) is 20.9. The van der Waals surface area contributed by atoms with Crippen molar-refractivity contribution in [3.05, 3.63) is 59.7 Å². The number of hydrogen-bond donors (Lipinski definition) is 1. The first-order valence-corrected chi connectivity index (χ1v) is 13.1. The summed E-state index contributed by atoms with van der Waals surface area (Å²) < 4.78 is 0. The van der Waals surface area contributed by atoms with Crippen LogP contribution in [-0.2, 0) is 4.79 Å². The zero-order chi connectivity index (χ0) is 24.5. The Morgan fingerprint density at radius 2 is 1.71 bits per heavy atom. The number of hydrogen-bond acceptors (Lipinski definition) is 4. The Kier molecular flexibility index (Phi) is 6.94. The van der Waals surface area contributed by atoms with Crippen LogP contribution in [0.1, 0.15) is 53.9 Å². The molecular weight excluding hydrogens is 438 g/mol. The molecule has 1 N–H and O–H groups in total. The maximum Gasteiger partial charge on any atom is 0.253 e. The van der Waals surface area contributed by atoms with Gasteiger partial charge in [-0.25, -0.2) is 0 Å². The minimum Gasteiger partial charge on any atom is -0.395 e. The van der Waals surface area contributed by atoms with Gasteiger partial charge < -0.3 is 14.9 Å². The zero-order valence-electron chi connectivity index (χ0n) is 20.9. The van der Waals surface area contributed by atoms with Crippen molar-refractivity contribution < 1.29 is 14.7 Å². The standard InChI is InChI=1S/C29H37N3O3/c1-30(2)28(34)24-10-6-9-23(17-24)20-11-13-21(14-12-20)27-25-18-31(29(35)22-7-5-8-22)15-3-4-16-32(25)26(27)19-33/h6,9-14,17,22,25-27,33H,3-5,7-8,15-16,18-19H2,1-2H3/t25-,26-,27-/m0/s1. The first-order chi connectivity index (χ1) is 17.0. The normalized spacial score (nSPS) is 25.0. The van der Waals surface area contributed by atoms with Crippen LogP contribution in [0.25, 0.3) is 11.1 Å². The molecule has 0 spiro atoms. The number of fused-ring (bicyclic) bond motifs is 1. The molecule has 2 aliphatic heterocycles. The van der Waals surface area contributed by atoms with Crippen LogP contribution in [0.5, 0.6) is 0 Å². The van der Waals surface area contributed by atoms with Crippen molar-refractivity contribution >= 4 is 11.8 Å². The molecule has 3 aliphatic rings. The molecule has 0 unspecified atom stereocenters. The molecule has 186 valence electrons. The van der Waals surface area contributed by atoms with Gasteiger partial charge in [-0.3, -0.25) is 14.5 Å². The van der Waals surface area contributed by atoms with E-state index in [9.17, 15) is 14.7 Å². The number of carbonyl (C=O) groups excluding carboxylic acids is 2. The topological polar surface area (TPSA) is 64.1 Å². The minimum absolute atomic E-state index is 0.00546. The van der Waals surface area contributed by atoms with Crippen molar-refractivity contribution in [2.24, 2.45) is 5.92 Å². The quantitative estimate of drug-likeness (QED) is 0.718. The van der Waals surface area contributed by atoms with Crippen LogP contribution in [0.15, 0.2) is 48.5 Å². The summed E-state index contributed by atoms with van der Waals surface area (Å²) in [4.78, 5) is 31.6. The van der Waals surface area contributed by atoms with Crippen LogP contribution in [0.3, 0.4) is 0 Å². The van der Waals surface area contributed by atoms with Gasteiger partial charge in [-0.15, -0.1) is 0 Å². The van der Waals surface area contributed by atoms with Crippen LogP contribution < -0.4 is 0 Å². The Labute approximate surface area is 208 Å². The highest BCUT2D eigenvalue weighted by Gasteiger charge is 2.49. The smallest absolute Gasteiger partial charge is 0.253 e. The fraction of sp³-hybridized carbons (Fsp3) is 0.517. The van der Waals surface area contributed by atoms with Crippen molar-refractivity contribution in [3.8, 4) is 11.1 Å². The Morgan fingerprint density at radius 3 is 2.37 bits per heavy atom. The van der Waals surface area contributed by atoms with Gasteiger partial charge >= 0.3 is 0 Å². The van der Waals surface area contributed by atoms with Crippen LogP contribution >= 0.6 is 0 Å². The summed E-state index contributed by atoms with van der Waals surface area (Å²) in [6, 6.07) is 16.7. The van der Waals surface area contributed by atoms with Gasteiger partial charge in [-0.1, -0.05) is 42.8 Å². The third-order valence-corrected chi connectivity index (χ3v) is 8.28. The SMILES string of the molecule is CN(C)C(=O)c1cccc(-c2ccc([C@@H]3[C@H](CO)N4CCCCN(C(=O)C5CCC5)C[C@@H]34)cc2)c1. The highest BCUT2D eigenvalue weighted by atomic mass is 16.3. The average Bonchev–Trinajstić information content (AvgIpc) is 2.82. The fourth-order valence-electron chi connectivity index (χ4n) is 6.04. The predicted octanol–water partition coefficient (Wildman–Crippen LogP) is 3.61. The first-order valence-electron chi connectivity index (χ1n) is 13.1. The molecule has 0 radical (unpaired) electrons. The van der Waals surface area contributed by atoms with Gasteiger partial charge in [0, 0.05) is 56.7 Å². The van der Waals surface area contributed by atoms with E-state index in [1.807, 2.05) is 24.3 Å². The van der Waals surface area contributed by atoms with E-state index in [0.29, 0.717) is 11.5 Å². The second-order valence-electron chi connectivity index (χ2n) is 10.6. The molecule has 5 rings (SSSR count). The molecule has 2 amide bonds. The van der Waals surface area contributed by atoms with E-state index in [1.54, 1.807) is 19.0 Å². The van der Waals surface area contributed by atoms with Gasteiger partial charge in [-0.2, -0.15) is 0 Å². The summed E-state index contributed by atoms with van der Waals surface area (Å²) in [5, 5.41) is 10.2. The number of carbonyl (C=O) groups is 2. The highest BCUT2D eigenvalue weighted by Crippen LogP contribution is 2.43. The van der Waals surface area contributed by atoms with E-state index in [-0.39, 0.29) is 36.4 Å². The van der Waals surface area contributed by atoms with Gasteiger partial charge in [-0.05, 0) is 61.1 Å². The van der Waals surface area contributed by atoms with Crippen LogP contribution in [0.2, 0.25) is 0 Å². The van der Waals surface area contributed by atoms with Crippen molar-refractivity contribution in [1.29, 1.82) is 0 Å². The lowest BCUT2D eigenvalue weighted by Gasteiger charge is -2.57. The van der Waals surface area contributed by atoms with Crippen molar-refractivity contribution in [2.75, 3.05) is 40.3 Å². The lowest BCUT2D eigenvalue weighted by Crippen LogP contribution is -2.68. The summed E-state index contributed by atoms with van der Waals surface area (Å²) in [5.41, 5.74) is 3.98. The lowest BCUT2D eigenvalue weighted by molar-refractivity contribution is -0.143. The number of amides is 2. The third-order valence-electron chi connectivity index (χ3n) is 8.28. The van der Waals surface area contributed by atoms with Gasteiger partial charge in [0.05, 0.1) is 6.61 Å². The molecule has 2 saturated heterocycles. The Hall–Kier alpha value is -2.70.